The summed E-state index contributed by atoms with van der Waals surface area (Å²) in [7, 11) is 0. The predicted molar refractivity (Wildman–Crippen MR) is 93.1 cm³/mol. The van der Waals surface area contributed by atoms with Crippen molar-refractivity contribution in [2.45, 2.75) is 46.2 Å². The van der Waals surface area contributed by atoms with Crippen molar-refractivity contribution in [1.82, 2.24) is 16.0 Å². The molecule has 3 amide bonds. The van der Waals surface area contributed by atoms with Gasteiger partial charge in [0.1, 0.15) is 17.7 Å². The summed E-state index contributed by atoms with van der Waals surface area (Å²) in [5.41, 5.74) is 0.148. The van der Waals surface area contributed by atoms with E-state index >= 15 is 0 Å². The summed E-state index contributed by atoms with van der Waals surface area (Å²) in [6, 6.07) is 1.26. The molecule has 0 fully saturated rings. The van der Waals surface area contributed by atoms with Crippen LogP contribution in [0.15, 0.2) is 18.2 Å². The number of nitrogens with one attached hydrogen (secondary N) is 3. The van der Waals surface area contributed by atoms with E-state index in [4.69, 9.17) is 0 Å². The van der Waals surface area contributed by atoms with E-state index in [1.54, 1.807) is 6.92 Å². The first-order valence-electron chi connectivity index (χ1n) is 8.41. The third kappa shape index (κ3) is 7.69. The molecule has 0 bridgehead atoms. The van der Waals surface area contributed by atoms with E-state index in [1.165, 1.54) is 6.92 Å². The lowest BCUT2D eigenvalue weighted by molar-refractivity contribution is -0.134. The van der Waals surface area contributed by atoms with Crippen molar-refractivity contribution < 1.29 is 23.2 Å². The molecule has 1 rings (SSSR count). The highest BCUT2D eigenvalue weighted by atomic mass is 19.1. The molecule has 0 unspecified atom stereocenters. The summed E-state index contributed by atoms with van der Waals surface area (Å²) in [5, 5.41) is 7.60. The van der Waals surface area contributed by atoms with Crippen molar-refractivity contribution in [3.8, 4) is 0 Å². The van der Waals surface area contributed by atoms with Crippen molar-refractivity contribution in [2.24, 2.45) is 5.92 Å². The molecule has 6 nitrogen and oxygen atoms in total. The molecule has 0 radical (unpaired) electrons. The van der Waals surface area contributed by atoms with Crippen molar-refractivity contribution in [2.75, 3.05) is 6.54 Å². The second-order valence-corrected chi connectivity index (χ2v) is 6.62. The predicted octanol–water partition coefficient (Wildman–Crippen LogP) is 1.29. The quantitative estimate of drug-likeness (QED) is 0.644. The molecule has 0 aliphatic carbocycles. The first kappa shape index (κ1) is 21.7. The maximum Gasteiger partial charge on any atom is 0.248 e. The summed E-state index contributed by atoms with van der Waals surface area (Å²) in [6.45, 7) is 7.65. The minimum absolute atomic E-state index is 0.148. The van der Waals surface area contributed by atoms with Crippen LogP contribution in [0.2, 0.25) is 0 Å². The SMILES string of the molecule is CC(C)CN[C@@H](C)C(=O)NC(=O)[C@H](C)NC(=O)Cc1cc(F)cc(F)c1. The van der Waals surface area contributed by atoms with E-state index < -0.39 is 41.4 Å². The molecule has 0 saturated carbocycles. The molecule has 26 heavy (non-hydrogen) atoms. The van der Waals surface area contributed by atoms with Gasteiger partial charge in [-0.3, -0.25) is 19.7 Å². The first-order chi connectivity index (χ1) is 12.1. The number of benzene rings is 1. The van der Waals surface area contributed by atoms with Crippen LogP contribution in [-0.4, -0.2) is 36.3 Å². The zero-order valence-corrected chi connectivity index (χ0v) is 15.4. The average Bonchev–Trinajstić information content (AvgIpc) is 2.50. The van der Waals surface area contributed by atoms with Gasteiger partial charge in [-0.25, -0.2) is 8.78 Å². The van der Waals surface area contributed by atoms with Gasteiger partial charge in [-0.15, -0.1) is 0 Å². The van der Waals surface area contributed by atoms with Crippen molar-refractivity contribution in [3.63, 3.8) is 0 Å². The Bertz CT molecular complexity index is 645. The second kappa shape index (κ2) is 9.96. The third-order valence-corrected chi connectivity index (χ3v) is 3.53. The van der Waals surface area contributed by atoms with E-state index in [1.807, 2.05) is 13.8 Å². The average molecular weight is 369 g/mol. The molecular formula is C18H25F2N3O3. The highest BCUT2D eigenvalue weighted by molar-refractivity contribution is 6.00. The van der Waals surface area contributed by atoms with Gasteiger partial charge < -0.3 is 10.6 Å². The van der Waals surface area contributed by atoms with Gasteiger partial charge in [-0.05, 0) is 44.0 Å². The van der Waals surface area contributed by atoms with Crippen LogP contribution in [0, 0.1) is 17.6 Å². The lowest BCUT2D eigenvalue weighted by Crippen LogP contribution is -2.51. The summed E-state index contributed by atoms with van der Waals surface area (Å²) in [4.78, 5) is 35.8. The number of hydrogen-bond acceptors (Lipinski definition) is 4. The summed E-state index contributed by atoms with van der Waals surface area (Å²) in [6.07, 6.45) is -0.285. The largest absolute Gasteiger partial charge is 0.344 e. The van der Waals surface area contributed by atoms with Gasteiger partial charge in [0, 0.05) is 6.07 Å². The molecule has 0 aromatic heterocycles. The van der Waals surface area contributed by atoms with Crippen molar-refractivity contribution in [1.29, 1.82) is 0 Å². The Morgan fingerprint density at radius 3 is 2.00 bits per heavy atom. The van der Waals surface area contributed by atoms with Crippen LogP contribution < -0.4 is 16.0 Å². The maximum atomic E-state index is 13.1. The van der Waals surface area contributed by atoms with Crippen LogP contribution in [-0.2, 0) is 20.8 Å². The van der Waals surface area contributed by atoms with Crippen LogP contribution in [0.1, 0.15) is 33.3 Å². The van der Waals surface area contributed by atoms with Gasteiger partial charge in [0.05, 0.1) is 12.5 Å². The van der Waals surface area contributed by atoms with Crippen LogP contribution in [0.5, 0.6) is 0 Å². The molecule has 144 valence electrons. The zero-order chi connectivity index (χ0) is 19.9. The van der Waals surface area contributed by atoms with Gasteiger partial charge in [-0.2, -0.15) is 0 Å². The normalized spacial score (nSPS) is 13.2. The second-order valence-electron chi connectivity index (χ2n) is 6.62. The number of carbonyl (C=O) groups is 3. The Kier molecular flexibility index (Phi) is 8.31. The first-order valence-corrected chi connectivity index (χ1v) is 8.41. The zero-order valence-electron chi connectivity index (χ0n) is 15.4. The smallest absolute Gasteiger partial charge is 0.248 e. The van der Waals surface area contributed by atoms with Crippen LogP contribution in [0.4, 0.5) is 8.78 Å². The van der Waals surface area contributed by atoms with Crippen molar-refractivity contribution in [3.05, 3.63) is 35.4 Å². The molecule has 8 heteroatoms. The van der Waals surface area contributed by atoms with E-state index in [-0.39, 0.29) is 12.0 Å². The number of imide groups is 1. The molecule has 0 saturated heterocycles. The lowest BCUT2D eigenvalue weighted by atomic mass is 10.1. The fourth-order valence-electron chi connectivity index (χ4n) is 2.10. The Balaban J connectivity index is 2.50. The Morgan fingerprint density at radius 1 is 0.923 bits per heavy atom. The fraction of sp³-hybridized carbons (Fsp3) is 0.500. The maximum absolute atomic E-state index is 13.1. The third-order valence-electron chi connectivity index (χ3n) is 3.53. The van der Waals surface area contributed by atoms with Gasteiger partial charge >= 0.3 is 0 Å². The number of amides is 3. The number of halogens is 2. The molecule has 1 aromatic rings. The van der Waals surface area contributed by atoms with E-state index in [0.29, 0.717) is 18.5 Å². The van der Waals surface area contributed by atoms with Crippen LogP contribution in [0.3, 0.4) is 0 Å². The van der Waals surface area contributed by atoms with Gasteiger partial charge in [0.15, 0.2) is 0 Å². The Hall–Kier alpha value is -2.35. The van der Waals surface area contributed by atoms with E-state index in [9.17, 15) is 23.2 Å². The summed E-state index contributed by atoms with van der Waals surface area (Å²) >= 11 is 0. The topological polar surface area (TPSA) is 87.3 Å². The minimum Gasteiger partial charge on any atom is -0.344 e. The summed E-state index contributed by atoms with van der Waals surface area (Å²) in [5.74, 6) is -2.96. The van der Waals surface area contributed by atoms with E-state index in [0.717, 1.165) is 12.1 Å². The molecule has 0 aliphatic rings. The number of carbonyl (C=O) groups excluding carboxylic acids is 3. The Labute approximate surface area is 151 Å². The molecule has 1 aromatic carbocycles. The van der Waals surface area contributed by atoms with E-state index in [2.05, 4.69) is 16.0 Å². The van der Waals surface area contributed by atoms with Crippen LogP contribution in [0.25, 0.3) is 0 Å². The molecular weight excluding hydrogens is 344 g/mol. The molecule has 0 spiro atoms. The number of rotatable bonds is 8. The molecule has 0 heterocycles. The standard InChI is InChI=1S/C18H25F2N3O3/c1-10(2)9-21-11(3)17(25)23-18(26)12(4)22-16(24)7-13-5-14(19)8-15(20)6-13/h5-6,8,10-12,21H,7,9H2,1-4H3,(H,22,24)(H,23,25,26)/t11-,12-/m0/s1. The van der Waals surface area contributed by atoms with Gasteiger partial charge in [-0.1, -0.05) is 13.8 Å². The lowest BCUT2D eigenvalue weighted by Gasteiger charge is -2.17. The summed E-state index contributed by atoms with van der Waals surface area (Å²) < 4.78 is 26.2. The van der Waals surface area contributed by atoms with Crippen molar-refractivity contribution >= 4 is 17.7 Å². The number of hydrogen-bond donors (Lipinski definition) is 3. The minimum atomic E-state index is -0.970. The van der Waals surface area contributed by atoms with Gasteiger partial charge in [0.2, 0.25) is 17.7 Å². The highest BCUT2D eigenvalue weighted by Crippen LogP contribution is 2.08. The monoisotopic (exact) mass is 369 g/mol. The molecule has 3 N–H and O–H groups in total. The molecule has 2 atom stereocenters. The highest BCUT2D eigenvalue weighted by Gasteiger charge is 2.21. The van der Waals surface area contributed by atoms with Crippen LogP contribution >= 0.6 is 0 Å². The van der Waals surface area contributed by atoms with Gasteiger partial charge in [0.25, 0.3) is 0 Å². The molecule has 0 aliphatic heterocycles. The fourth-order valence-corrected chi connectivity index (χ4v) is 2.10. The Morgan fingerprint density at radius 2 is 1.46 bits per heavy atom.